The van der Waals surface area contributed by atoms with E-state index < -0.39 is 0 Å². The van der Waals surface area contributed by atoms with E-state index in [0.717, 1.165) is 23.6 Å². The van der Waals surface area contributed by atoms with Crippen LogP contribution in [0.1, 0.15) is 26.0 Å². The maximum absolute atomic E-state index is 11.6. The summed E-state index contributed by atoms with van der Waals surface area (Å²) in [7, 11) is 0. The highest BCUT2D eigenvalue weighted by atomic mass is 32.1. The summed E-state index contributed by atoms with van der Waals surface area (Å²) in [5, 5.41) is 2.01. The standard InChI is InChI=1S/C13H19N3O2S/c1-3-5-15(10-12(17)18-4-2)8-11-9-16-6-7-19-13(16)14-11/h6-7,9H,3-5,8,10H2,1-2H3. The molecule has 2 aromatic heterocycles. The van der Waals surface area contributed by atoms with Gasteiger partial charge in [-0.1, -0.05) is 6.92 Å². The number of carbonyl (C=O) groups excluding carboxylic acids is 1. The number of hydrogen-bond acceptors (Lipinski definition) is 5. The first-order chi connectivity index (χ1) is 9.22. The molecule has 0 saturated heterocycles. The number of rotatable bonds is 7. The molecular formula is C13H19N3O2S. The quantitative estimate of drug-likeness (QED) is 0.730. The Hall–Kier alpha value is -1.40. The second-order valence-electron chi connectivity index (χ2n) is 4.34. The molecule has 0 atom stereocenters. The second kappa shape index (κ2) is 6.68. The van der Waals surface area contributed by atoms with Gasteiger partial charge in [-0.2, -0.15) is 0 Å². The highest BCUT2D eigenvalue weighted by Gasteiger charge is 2.13. The van der Waals surface area contributed by atoms with Gasteiger partial charge in [-0.25, -0.2) is 4.98 Å². The Morgan fingerprint density at radius 3 is 3.05 bits per heavy atom. The van der Waals surface area contributed by atoms with Gasteiger partial charge in [0.1, 0.15) is 0 Å². The predicted molar refractivity (Wildman–Crippen MR) is 75.3 cm³/mol. The van der Waals surface area contributed by atoms with E-state index in [-0.39, 0.29) is 5.97 Å². The molecule has 0 aromatic carbocycles. The molecule has 2 rings (SSSR count). The predicted octanol–water partition coefficient (Wildman–Crippen LogP) is 2.17. The van der Waals surface area contributed by atoms with E-state index in [1.807, 2.05) is 29.1 Å². The molecule has 19 heavy (non-hydrogen) atoms. The lowest BCUT2D eigenvalue weighted by molar-refractivity contribution is -0.144. The molecule has 0 N–H and O–H groups in total. The molecule has 0 unspecified atom stereocenters. The molecule has 2 heterocycles. The number of carbonyl (C=O) groups is 1. The molecule has 0 aliphatic heterocycles. The number of ether oxygens (including phenoxy) is 1. The fourth-order valence-corrected chi connectivity index (χ4v) is 2.72. The number of nitrogens with zero attached hydrogens (tertiary/aromatic N) is 3. The number of fused-ring (bicyclic) bond motifs is 1. The monoisotopic (exact) mass is 281 g/mol. The Kier molecular flexibility index (Phi) is 4.93. The van der Waals surface area contributed by atoms with Crippen LogP contribution in [0.2, 0.25) is 0 Å². The van der Waals surface area contributed by atoms with Crippen molar-refractivity contribution in [1.82, 2.24) is 14.3 Å². The van der Waals surface area contributed by atoms with E-state index in [0.29, 0.717) is 19.7 Å². The van der Waals surface area contributed by atoms with Crippen LogP contribution in [-0.2, 0) is 16.1 Å². The fourth-order valence-electron chi connectivity index (χ4n) is 2.00. The molecule has 104 valence electrons. The first-order valence-corrected chi connectivity index (χ1v) is 7.40. The van der Waals surface area contributed by atoms with Crippen molar-refractivity contribution < 1.29 is 9.53 Å². The third-order valence-electron chi connectivity index (χ3n) is 2.73. The first kappa shape index (κ1) is 14.0. The number of hydrogen-bond donors (Lipinski definition) is 0. The van der Waals surface area contributed by atoms with E-state index in [2.05, 4.69) is 16.8 Å². The molecule has 6 heteroatoms. The topological polar surface area (TPSA) is 46.8 Å². The Morgan fingerprint density at radius 2 is 2.37 bits per heavy atom. The van der Waals surface area contributed by atoms with Crippen LogP contribution in [0.25, 0.3) is 4.96 Å². The Balaban J connectivity index is 1.99. The zero-order valence-corrected chi connectivity index (χ0v) is 12.2. The summed E-state index contributed by atoms with van der Waals surface area (Å²) in [5.74, 6) is -0.169. The van der Waals surface area contributed by atoms with Gasteiger partial charge < -0.3 is 4.74 Å². The minimum atomic E-state index is -0.169. The van der Waals surface area contributed by atoms with Gasteiger partial charge in [0.25, 0.3) is 0 Å². The third kappa shape index (κ3) is 3.78. The Labute approximate surface area is 116 Å². The normalized spacial score (nSPS) is 11.3. The number of imidazole rings is 1. The third-order valence-corrected chi connectivity index (χ3v) is 3.50. The van der Waals surface area contributed by atoms with Crippen molar-refractivity contribution in [1.29, 1.82) is 0 Å². The first-order valence-electron chi connectivity index (χ1n) is 6.52. The summed E-state index contributed by atoms with van der Waals surface area (Å²) in [4.78, 5) is 19.2. The summed E-state index contributed by atoms with van der Waals surface area (Å²) in [6, 6.07) is 0. The van der Waals surface area contributed by atoms with Gasteiger partial charge in [0.15, 0.2) is 4.96 Å². The lowest BCUT2D eigenvalue weighted by atomic mass is 10.3. The second-order valence-corrected chi connectivity index (χ2v) is 5.21. The van der Waals surface area contributed by atoms with Gasteiger partial charge in [0.2, 0.25) is 0 Å². The van der Waals surface area contributed by atoms with Crippen molar-refractivity contribution in [2.24, 2.45) is 0 Å². The average Bonchev–Trinajstić information content (AvgIpc) is 2.90. The molecule has 0 fully saturated rings. The molecule has 0 amide bonds. The zero-order chi connectivity index (χ0) is 13.7. The van der Waals surface area contributed by atoms with E-state index in [9.17, 15) is 4.79 Å². The van der Waals surface area contributed by atoms with Crippen LogP contribution in [0.4, 0.5) is 0 Å². The van der Waals surface area contributed by atoms with Gasteiger partial charge in [-0.3, -0.25) is 14.1 Å². The molecule has 2 aromatic rings. The SMILES string of the molecule is CCCN(CC(=O)OCC)Cc1cn2ccsc2n1. The largest absolute Gasteiger partial charge is 0.465 e. The van der Waals surface area contributed by atoms with Crippen molar-refractivity contribution in [2.45, 2.75) is 26.8 Å². The zero-order valence-electron chi connectivity index (χ0n) is 11.3. The summed E-state index contributed by atoms with van der Waals surface area (Å²) >= 11 is 1.61. The van der Waals surface area contributed by atoms with Crippen LogP contribution in [0, 0.1) is 0 Å². The van der Waals surface area contributed by atoms with E-state index in [4.69, 9.17) is 4.74 Å². The lowest BCUT2D eigenvalue weighted by Crippen LogP contribution is -2.31. The number of thiazole rings is 1. The van der Waals surface area contributed by atoms with Gasteiger partial charge in [0, 0.05) is 24.3 Å². The Morgan fingerprint density at radius 1 is 1.53 bits per heavy atom. The van der Waals surface area contributed by atoms with Crippen molar-refractivity contribution >= 4 is 22.3 Å². The summed E-state index contributed by atoms with van der Waals surface area (Å²) < 4.78 is 7.00. The van der Waals surface area contributed by atoms with Crippen LogP contribution in [0.15, 0.2) is 17.8 Å². The average molecular weight is 281 g/mol. The fraction of sp³-hybridized carbons (Fsp3) is 0.538. The molecular weight excluding hydrogens is 262 g/mol. The van der Waals surface area contributed by atoms with Crippen molar-refractivity contribution in [3.63, 3.8) is 0 Å². The molecule has 5 nitrogen and oxygen atoms in total. The summed E-state index contributed by atoms with van der Waals surface area (Å²) in [6.07, 6.45) is 5.01. The van der Waals surface area contributed by atoms with Crippen LogP contribution < -0.4 is 0 Å². The van der Waals surface area contributed by atoms with Crippen molar-refractivity contribution in [3.05, 3.63) is 23.5 Å². The van der Waals surface area contributed by atoms with Gasteiger partial charge in [0.05, 0.1) is 18.8 Å². The van der Waals surface area contributed by atoms with Crippen LogP contribution >= 0.6 is 11.3 Å². The number of aromatic nitrogens is 2. The molecule has 0 radical (unpaired) electrons. The van der Waals surface area contributed by atoms with E-state index >= 15 is 0 Å². The maximum Gasteiger partial charge on any atom is 0.320 e. The molecule has 0 bridgehead atoms. The van der Waals surface area contributed by atoms with Gasteiger partial charge >= 0.3 is 5.97 Å². The molecule has 0 aliphatic rings. The molecule has 0 aliphatic carbocycles. The number of esters is 1. The van der Waals surface area contributed by atoms with Crippen LogP contribution in [-0.4, -0.2) is 40.0 Å². The van der Waals surface area contributed by atoms with Crippen molar-refractivity contribution in [3.8, 4) is 0 Å². The molecule has 0 spiro atoms. The minimum absolute atomic E-state index is 0.169. The summed E-state index contributed by atoms with van der Waals surface area (Å²) in [5.41, 5.74) is 0.990. The van der Waals surface area contributed by atoms with Gasteiger partial charge in [-0.05, 0) is 19.9 Å². The van der Waals surface area contributed by atoms with Gasteiger partial charge in [-0.15, -0.1) is 11.3 Å². The Bertz CT molecular complexity index is 506. The highest BCUT2D eigenvalue weighted by molar-refractivity contribution is 7.15. The summed E-state index contributed by atoms with van der Waals surface area (Å²) in [6.45, 7) is 6.23. The van der Waals surface area contributed by atoms with Crippen molar-refractivity contribution in [2.75, 3.05) is 19.7 Å². The highest BCUT2D eigenvalue weighted by Crippen LogP contribution is 2.13. The molecule has 0 saturated carbocycles. The van der Waals surface area contributed by atoms with E-state index in [1.54, 1.807) is 11.3 Å². The van der Waals surface area contributed by atoms with Crippen LogP contribution in [0.3, 0.4) is 0 Å². The van der Waals surface area contributed by atoms with E-state index in [1.165, 1.54) is 0 Å². The van der Waals surface area contributed by atoms with Crippen LogP contribution in [0.5, 0.6) is 0 Å². The minimum Gasteiger partial charge on any atom is -0.465 e. The maximum atomic E-state index is 11.6. The lowest BCUT2D eigenvalue weighted by Gasteiger charge is -2.19. The smallest absolute Gasteiger partial charge is 0.320 e.